The Morgan fingerprint density at radius 1 is 1.44 bits per heavy atom. The molecule has 0 bridgehead atoms. The van der Waals surface area contributed by atoms with Gasteiger partial charge in [-0.05, 0) is 18.2 Å². The quantitative estimate of drug-likeness (QED) is 0.741. The number of carbonyl (C=O) groups is 1. The zero-order valence-corrected chi connectivity index (χ0v) is 10.1. The highest BCUT2D eigenvalue weighted by molar-refractivity contribution is 7.90. The van der Waals surface area contributed by atoms with E-state index in [2.05, 4.69) is 0 Å². The summed E-state index contributed by atoms with van der Waals surface area (Å²) in [5, 5.41) is 12.6. The maximum atomic E-state index is 10.9. The molecule has 0 aliphatic carbocycles. The molecule has 0 heterocycles. The van der Waals surface area contributed by atoms with Crippen LogP contribution >= 0.6 is 11.6 Å². The molecule has 0 saturated heterocycles. The van der Waals surface area contributed by atoms with E-state index in [-0.39, 0.29) is 4.90 Å². The fraction of sp³-hybridized carbons (Fsp3) is 0.125. The van der Waals surface area contributed by atoms with Gasteiger partial charge in [-0.25, -0.2) is 18.9 Å². The molecular weight excluding hydrogens is 297 g/mol. The standard InChI is InChI=1S/C6H7ClN2OS.C2HF3O2/c7-5-2-1-3-6(4-5)11(8,9)10;3-2(4,5)1(6)7/h1-4H,(H3,8,9,10);(H,6,7). The number of aliphatic carboxylic acids is 1. The summed E-state index contributed by atoms with van der Waals surface area (Å²) >= 11 is 5.59. The summed E-state index contributed by atoms with van der Waals surface area (Å²) in [6, 6.07) is 6.19. The molecule has 0 radical (unpaired) electrons. The number of rotatable bonds is 1. The summed E-state index contributed by atoms with van der Waals surface area (Å²) in [5.41, 5.74) is 0. The average Bonchev–Trinajstić information content (AvgIpc) is 2.15. The zero-order valence-electron chi connectivity index (χ0n) is 8.57. The lowest BCUT2D eigenvalue weighted by molar-refractivity contribution is -0.192. The zero-order chi connectivity index (χ0) is 14.6. The normalized spacial score (nSPS) is 14.1. The van der Waals surface area contributed by atoms with E-state index in [4.69, 9.17) is 31.4 Å². The molecule has 0 aliphatic rings. The van der Waals surface area contributed by atoms with Gasteiger partial charge in [-0.2, -0.15) is 13.2 Å². The second-order valence-electron chi connectivity index (χ2n) is 2.86. The molecule has 1 unspecified atom stereocenters. The fourth-order valence-corrected chi connectivity index (χ4v) is 1.49. The van der Waals surface area contributed by atoms with Crippen molar-refractivity contribution >= 4 is 27.5 Å². The largest absolute Gasteiger partial charge is 0.490 e. The summed E-state index contributed by atoms with van der Waals surface area (Å²) < 4.78 is 49.7. The molecule has 0 fully saturated rings. The van der Waals surface area contributed by atoms with Crippen LogP contribution in [0.2, 0.25) is 5.02 Å². The molecule has 10 heteroatoms. The molecule has 0 spiro atoms. The minimum absolute atomic E-state index is 0.255. The van der Waals surface area contributed by atoms with Gasteiger partial charge in [0.25, 0.3) is 0 Å². The first-order valence-electron chi connectivity index (χ1n) is 4.07. The molecule has 1 aromatic carbocycles. The Kier molecular flexibility index (Phi) is 5.58. The molecule has 1 atom stereocenters. The van der Waals surface area contributed by atoms with Crippen LogP contribution in [0.15, 0.2) is 29.2 Å². The highest BCUT2D eigenvalue weighted by atomic mass is 35.5. The van der Waals surface area contributed by atoms with Crippen LogP contribution < -0.4 is 5.14 Å². The van der Waals surface area contributed by atoms with Crippen molar-refractivity contribution in [3.05, 3.63) is 29.3 Å². The van der Waals surface area contributed by atoms with Crippen molar-refractivity contribution in [2.45, 2.75) is 11.1 Å². The van der Waals surface area contributed by atoms with Crippen molar-refractivity contribution in [2.24, 2.45) is 5.14 Å². The molecule has 0 aromatic heterocycles. The Morgan fingerprint density at radius 2 is 1.89 bits per heavy atom. The van der Waals surface area contributed by atoms with Crippen molar-refractivity contribution in [2.75, 3.05) is 0 Å². The van der Waals surface area contributed by atoms with Gasteiger partial charge in [0.2, 0.25) is 0 Å². The highest BCUT2D eigenvalue weighted by Gasteiger charge is 2.38. The van der Waals surface area contributed by atoms with Crippen LogP contribution in [0, 0.1) is 4.78 Å². The molecule has 0 aliphatic heterocycles. The predicted molar refractivity (Wildman–Crippen MR) is 58.5 cm³/mol. The van der Waals surface area contributed by atoms with Crippen LogP contribution in [0.4, 0.5) is 13.2 Å². The Labute approximate surface area is 105 Å². The first kappa shape index (κ1) is 16.7. The van der Waals surface area contributed by atoms with Gasteiger partial charge >= 0.3 is 12.1 Å². The molecule has 18 heavy (non-hydrogen) atoms. The summed E-state index contributed by atoms with van der Waals surface area (Å²) in [6.45, 7) is 0. The third kappa shape index (κ3) is 6.42. The van der Waals surface area contributed by atoms with Gasteiger partial charge in [-0.15, -0.1) is 0 Å². The number of alkyl halides is 3. The lowest BCUT2D eigenvalue weighted by Crippen LogP contribution is -2.21. The molecule has 0 amide bonds. The van der Waals surface area contributed by atoms with E-state index in [0.717, 1.165) is 0 Å². The smallest absolute Gasteiger partial charge is 0.475 e. The number of benzene rings is 1. The van der Waals surface area contributed by atoms with Crippen LogP contribution in [0.1, 0.15) is 0 Å². The van der Waals surface area contributed by atoms with E-state index in [0.29, 0.717) is 5.02 Å². The van der Waals surface area contributed by atoms with E-state index in [1.165, 1.54) is 12.1 Å². The molecular formula is C8H8ClF3N2O3S. The minimum Gasteiger partial charge on any atom is -0.475 e. The van der Waals surface area contributed by atoms with Crippen molar-refractivity contribution in [1.82, 2.24) is 0 Å². The molecule has 0 saturated carbocycles. The Hall–Kier alpha value is -1.32. The Bertz CT molecular complexity index is 531. The Balaban J connectivity index is 0.000000360. The summed E-state index contributed by atoms with van der Waals surface area (Å²) in [4.78, 5) is 9.15. The number of halogens is 4. The van der Waals surface area contributed by atoms with Crippen molar-refractivity contribution < 1.29 is 27.3 Å². The maximum absolute atomic E-state index is 10.9. The number of nitrogens with one attached hydrogen (secondary N) is 1. The van der Waals surface area contributed by atoms with Crippen LogP contribution in [0.3, 0.4) is 0 Å². The van der Waals surface area contributed by atoms with Crippen molar-refractivity contribution in [3.63, 3.8) is 0 Å². The number of hydrogen-bond acceptors (Lipinski definition) is 3. The van der Waals surface area contributed by atoms with Gasteiger partial charge in [-0.3, -0.25) is 0 Å². The first-order valence-corrected chi connectivity index (χ1v) is 6.06. The minimum atomic E-state index is -5.08. The van der Waals surface area contributed by atoms with Crippen molar-refractivity contribution in [1.29, 1.82) is 4.78 Å². The number of carboxylic acids is 1. The van der Waals surface area contributed by atoms with E-state index in [1.54, 1.807) is 12.1 Å². The lowest BCUT2D eigenvalue weighted by atomic mass is 10.4. The number of carboxylic acid groups (broad SMARTS) is 1. The second-order valence-corrected chi connectivity index (χ2v) is 4.97. The molecule has 102 valence electrons. The number of nitrogens with two attached hydrogens (primary N) is 1. The van der Waals surface area contributed by atoms with Gasteiger partial charge in [0.05, 0.1) is 4.90 Å². The van der Waals surface area contributed by atoms with Crippen LogP contribution in [-0.2, 0) is 14.7 Å². The van der Waals surface area contributed by atoms with E-state index >= 15 is 0 Å². The maximum Gasteiger partial charge on any atom is 0.490 e. The third-order valence-corrected chi connectivity index (χ3v) is 2.58. The molecule has 1 aromatic rings. The molecule has 5 nitrogen and oxygen atoms in total. The third-order valence-electron chi connectivity index (χ3n) is 1.39. The second kappa shape index (κ2) is 6.03. The van der Waals surface area contributed by atoms with Gasteiger partial charge in [0.1, 0.15) is 9.92 Å². The topological polar surface area (TPSA) is 104 Å². The SMILES string of the molecule is N=S(N)(=O)c1cccc(Cl)c1.O=C(O)C(F)(F)F. The van der Waals surface area contributed by atoms with Gasteiger partial charge in [0, 0.05) is 5.02 Å². The summed E-state index contributed by atoms with van der Waals surface area (Å²) in [5.74, 6) is -2.76. The molecule has 4 N–H and O–H groups in total. The fourth-order valence-electron chi connectivity index (χ4n) is 0.656. The average molecular weight is 305 g/mol. The van der Waals surface area contributed by atoms with Gasteiger partial charge < -0.3 is 5.11 Å². The molecule has 1 rings (SSSR count). The van der Waals surface area contributed by atoms with Crippen LogP contribution in [-0.4, -0.2) is 21.5 Å². The first-order chi connectivity index (χ1) is 7.94. The van der Waals surface area contributed by atoms with E-state index < -0.39 is 22.1 Å². The van der Waals surface area contributed by atoms with Gasteiger partial charge in [-0.1, -0.05) is 17.7 Å². The van der Waals surface area contributed by atoms with Gasteiger partial charge in [0.15, 0.2) is 0 Å². The predicted octanol–water partition coefficient (Wildman–Crippen LogP) is 2.25. The monoisotopic (exact) mass is 304 g/mol. The Morgan fingerprint density at radius 3 is 2.11 bits per heavy atom. The lowest BCUT2D eigenvalue weighted by Gasteiger charge is -1.99. The summed E-state index contributed by atoms with van der Waals surface area (Å²) in [7, 11) is -3.11. The highest BCUT2D eigenvalue weighted by Crippen LogP contribution is 2.14. The number of hydrogen-bond donors (Lipinski definition) is 3. The summed E-state index contributed by atoms with van der Waals surface area (Å²) in [6.07, 6.45) is -5.08. The van der Waals surface area contributed by atoms with E-state index in [9.17, 15) is 17.4 Å². The van der Waals surface area contributed by atoms with E-state index in [1.807, 2.05) is 0 Å². The van der Waals surface area contributed by atoms with Crippen LogP contribution in [0.5, 0.6) is 0 Å². The van der Waals surface area contributed by atoms with Crippen molar-refractivity contribution in [3.8, 4) is 0 Å². The van der Waals surface area contributed by atoms with Crippen LogP contribution in [0.25, 0.3) is 0 Å².